The molecule has 96 valence electrons. The van der Waals surface area contributed by atoms with Crippen LogP contribution in [0.2, 0.25) is 0 Å². The molecule has 2 amide bonds. The maximum absolute atomic E-state index is 11.6. The molecule has 0 radical (unpaired) electrons. The monoisotopic (exact) mass is 244 g/mol. The summed E-state index contributed by atoms with van der Waals surface area (Å²) in [5.41, 5.74) is 0.950. The summed E-state index contributed by atoms with van der Waals surface area (Å²) < 4.78 is 0. The van der Waals surface area contributed by atoms with Gasteiger partial charge >= 0.3 is 5.97 Å². The van der Waals surface area contributed by atoms with Crippen molar-refractivity contribution in [2.24, 2.45) is 5.84 Å². The summed E-state index contributed by atoms with van der Waals surface area (Å²) in [4.78, 5) is 39.8. The standard InChI is InChI=1S/C9H16N4O4/c1-9(2)8(16)11-6(14)5-13(9)4-3-7(15)17-12-10/h12H,3-5,10H2,1-2H3,(H,11,14,16). The van der Waals surface area contributed by atoms with E-state index in [9.17, 15) is 14.4 Å². The SMILES string of the molecule is CC1(C)C(=O)NC(=O)CN1CCC(=O)ONN. The lowest BCUT2D eigenvalue weighted by Crippen LogP contribution is -2.64. The third-order valence-corrected chi connectivity index (χ3v) is 2.69. The smallest absolute Gasteiger partial charge is 0.327 e. The molecule has 0 bridgehead atoms. The summed E-state index contributed by atoms with van der Waals surface area (Å²) in [6.45, 7) is 3.68. The molecule has 0 aliphatic carbocycles. The number of nitrogens with one attached hydrogen (secondary N) is 2. The minimum absolute atomic E-state index is 0.0359. The van der Waals surface area contributed by atoms with Crippen molar-refractivity contribution in [3.05, 3.63) is 0 Å². The molecule has 1 heterocycles. The van der Waals surface area contributed by atoms with E-state index in [0.29, 0.717) is 0 Å². The molecule has 0 aromatic carbocycles. The van der Waals surface area contributed by atoms with Gasteiger partial charge in [-0.15, -0.1) is 0 Å². The van der Waals surface area contributed by atoms with Crippen molar-refractivity contribution in [1.29, 1.82) is 0 Å². The van der Waals surface area contributed by atoms with Gasteiger partial charge in [0.25, 0.3) is 0 Å². The molecule has 0 aromatic rings. The van der Waals surface area contributed by atoms with E-state index >= 15 is 0 Å². The van der Waals surface area contributed by atoms with Gasteiger partial charge in [-0.2, -0.15) is 0 Å². The van der Waals surface area contributed by atoms with E-state index in [-0.39, 0.29) is 31.3 Å². The molecule has 1 aliphatic rings. The predicted molar refractivity (Wildman–Crippen MR) is 56.8 cm³/mol. The summed E-state index contributed by atoms with van der Waals surface area (Å²) in [6, 6.07) is 0. The molecule has 4 N–H and O–H groups in total. The second-order valence-electron chi connectivity index (χ2n) is 4.20. The van der Waals surface area contributed by atoms with Gasteiger partial charge in [0.2, 0.25) is 11.8 Å². The lowest BCUT2D eigenvalue weighted by molar-refractivity contribution is -0.154. The van der Waals surface area contributed by atoms with Gasteiger partial charge in [0.15, 0.2) is 0 Å². The van der Waals surface area contributed by atoms with Crippen LogP contribution in [-0.4, -0.2) is 41.3 Å². The molecule has 1 aliphatic heterocycles. The summed E-state index contributed by atoms with van der Waals surface area (Å²) in [5.74, 6) is 3.51. The van der Waals surface area contributed by atoms with E-state index in [4.69, 9.17) is 5.84 Å². The Balaban J connectivity index is 2.58. The molecule has 17 heavy (non-hydrogen) atoms. The highest BCUT2D eigenvalue weighted by Gasteiger charge is 2.40. The number of carbonyl (C=O) groups excluding carboxylic acids is 3. The maximum Gasteiger partial charge on any atom is 0.327 e. The number of imide groups is 1. The number of carbonyl (C=O) groups is 3. The van der Waals surface area contributed by atoms with Crippen molar-refractivity contribution in [2.45, 2.75) is 25.8 Å². The molecule has 0 unspecified atom stereocenters. The highest BCUT2D eigenvalue weighted by Crippen LogP contribution is 2.18. The fourth-order valence-corrected chi connectivity index (χ4v) is 1.54. The Hall–Kier alpha value is -1.51. The third kappa shape index (κ3) is 3.22. The number of hydrazine groups is 1. The van der Waals surface area contributed by atoms with Crippen LogP contribution in [0.15, 0.2) is 0 Å². The first-order valence-corrected chi connectivity index (χ1v) is 5.12. The molecule has 0 atom stereocenters. The van der Waals surface area contributed by atoms with Crippen LogP contribution in [0.25, 0.3) is 0 Å². The van der Waals surface area contributed by atoms with E-state index in [1.165, 1.54) is 0 Å². The quantitative estimate of drug-likeness (QED) is 0.299. The average molecular weight is 244 g/mol. The number of amides is 2. The van der Waals surface area contributed by atoms with Crippen molar-refractivity contribution >= 4 is 17.8 Å². The van der Waals surface area contributed by atoms with Gasteiger partial charge < -0.3 is 4.84 Å². The second-order valence-corrected chi connectivity index (χ2v) is 4.20. The highest BCUT2D eigenvalue weighted by molar-refractivity contribution is 6.02. The van der Waals surface area contributed by atoms with Gasteiger partial charge in [0.05, 0.1) is 18.5 Å². The number of rotatable bonds is 4. The fourth-order valence-electron chi connectivity index (χ4n) is 1.54. The minimum atomic E-state index is -0.829. The largest absolute Gasteiger partial charge is 0.356 e. The fraction of sp³-hybridized carbons (Fsp3) is 0.667. The Labute approximate surface area is 98.4 Å². The summed E-state index contributed by atoms with van der Waals surface area (Å²) >= 11 is 0. The molecule has 1 fully saturated rings. The summed E-state index contributed by atoms with van der Waals surface area (Å²) in [5, 5.41) is 2.24. The first-order valence-electron chi connectivity index (χ1n) is 5.12. The zero-order chi connectivity index (χ0) is 13.1. The normalized spacial score (nSPS) is 19.9. The summed E-state index contributed by atoms with van der Waals surface area (Å²) in [7, 11) is 0. The van der Waals surface area contributed by atoms with E-state index in [0.717, 1.165) is 0 Å². The van der Waals surface area contributed by atoms with E-state index in [1.807, 2.05) is 0 Å². The maximum atomic E-state index is 11.6. The van der Waals surface area contributed by atoms with E-state index in [2.05, 4.69) is 10.2 Å². The first-order chi connectivity index (χ1) is 7.87. The predicted octanol–water partition coefficient (Wildman–Crippen LogP) is -1.96. The van der Waals surface area contributed by atoms with E-state index < -0.39 is 11.5 Å². The molecular formula is C9H16N4O4. The zero-order valence-electron chi connectivity index (χ0n) is 9.78. The van der Waals surface area contributed by atoms with Gasteiger partial charge in [0.1, 0.15) is 0 Å². The summed E-state index contributed by atoms with van der Waals surface area (Å²) in [6.07, 6.45) is 0.0359. The molecule has 8 heteroatoms. The van der Waals surface area contributed by atoms with Crippen LogP contribution >= 0.6 is 0 Å². The average Bonchev–Trinajstić information content (AvgIpc) is 2.22. The Morgan fingerprint density at radius 3 is 2.82 bits per heavy atom. The molecule has 0 aromatic heterocycles. The molecule has 0 saturated carbocycles. The van der Waals surface area contributed by atoms with Crippen LogP contribution in [0.5, 0.6) is 0 Å². The van der Waals surface area contributed by atoms with Crippen LogP contribution in [0, 0.1) is 0 Å². The molecular weight excluding hydrogens is 228 g/mol. The van der Waals surface area contributed by atoms with Crippen LogP contribution in [-0.2, 0) is 19.2 Å². The lowest BCUT2D eigenvalue weighted by atomic mass is 9.98. The van der Waals surface area contributed by atoms with Crippen LogP contribution < -0.4 is 16.7 Å². The molecule has 1 saturated heterocycles. The molecule has 8 nitrogen and oxygen atoms in total. The van der Waals surface area contributed by atoms with Gasteiger partial charge in [-0.25, -0.2) is 5.84 Å². The number of piperazine rings is 1. The van der Waals surface area contributed by atoms with Crippen molar-refractivity contribution < 1.29 is 19.2 Å². The van der Waals surface area contributed by atoms with Crippen molar-refractivity contribution in [3.8, 4) is 0 Å². The van der Waals surface area contributed by atoms with Gasteiger partial charge in [-0.1, -0.05) is 5.59 Å². The number of nitrogens with zero attached hydrogens (tertiary/aromatic N) is 1. The van der Waals surface area contributed by atoms with Crippen molar-refractivity contribution in [1.82, 2.24) is 15.8 Å². The number of hydrogen-bond donors (Lipinski definition) is 3. The van der Waals surface area contributed by atoms with Gasteiger partial charge in [-0.05, 0) is 13.8 Å². The van der Waals surface area contributed by atoms with E-state index in [1.54, 1.807) is 24.3 Å². The molecule has 0 spiro atoms. The number of nitrogens with two attached hydrogens (primary N) is 1. The topological polar surface area (TPSA) is 114 Å². The second kappa shape index (κ2) is 5.21. The van der Waals surface area contributed by atoms with Crippen molar-refractivity contribution in [3.63, 3.8) is 0 Å². The lowest BCUT2D eigenvalue weighted by Gasteiger charge is -2.39. The first kappa shape index (κ1) is 13.6. The van der Waals surface area contributed by atoms with Crippen molar-refractivity contribution in [2.75, 3.05) is 13.1 Å². The molecule has 1 rings (SSSR count). The van der Waals surface area contributed by atoms with Gasteiger partial charge in [-0.3, -0.25) is 24.6 Å². The Morgan fingerprint density at radius 1 is 1.59 bits per heavy atom. The Morgan fingerprint density at radius 2 is 2.24 bits per heavy atom. The number of hydrogen-bond acceptors (Lipinski definition) is 7. The zero-order valence-corrected chi connectivity index (χ0v) is 9.78. The third-order valence-electron chi connectivity index (χ3n) is 2.69. The Bertz CT molecular complexity index is 342. The van der Waals surface area contributed by atoms with Crippen LogP contribution in [0.1, 0.15) is 20.3 Å². The van der Waals surface area contributed by atoms with Crippen LogP contribution in [0.3, 0.4) is 0 Å². The van der Waals surface area contributed by atoms with Gasteiger partial charge in [0, 0.05) is 6.54 Å². The minimum Gasteiger partial charge on any atom is -0.356 e. The highest BCUT2D eigenvalue weighted by atomic mass is 16.7. The van der Waals surface area contributed by atoms with Crippen LogP contribution in [0.4, 0.5) is 0 Å². The Kier molecular flexibility index (Phi) is 4.16.